The van der Waals surface area contributed by atoms with E-state index in [0.717, 1.165) is 51.7 Å². The second-order valence-corrected chi connectivity index (χ2v) is 6.25. The molecule has 2 N–H and O–H groups in total. The molecular weight excluding hydrogens is 272 g/mol. The van der Waals surface area contributed by atoms with E-state index in [2.05, 4.69) is 16.8 Å². The first-order valence-corrected chi connectivity index (χ1v) is 8.34. The second kappa shape index (κ2) is 8.39. The number of aliphatic hydroxyl groups is 1. The third-order valence-electron chi connectivity index (χ3n) is 3.70. The molecule has 1 aromatic heterocycles. The number of nitrogens with one attached hydrogen (secondary N) is 1. The maximum absolute atomic E-state index is 12.1. The van der Waals surface area contributed by atoms with Gasteiger partial charge in [0.15, 0.2) is 0 Å². The maximum Gasteiger partial charge on any atom is 0.236 e. The molecule has 0 aromatic carbocycles. The van der Waals surface area contributed by atoms with Gasteiger partial charge in [0.2, 0.25) is 5.91 Å². The molecule has 1 aromatic rings. The lowest BCUT2D eigenvalue weighted by molar-refractivity contribution is -0.131. The predicted octanol–water partition coefficient (Wildman–Crippen LogP) is 1.78. The summed E-state index contributed by atoms with van der Waals surface area (Å²) in [6.07, 6.45) is 5.14. The Balaban J connectivity index is 1.59. The maximum atomic E-state index is 12.1. The van der Waals surface area contributed by atoms with Crippen LogP contribution in [0.15, 0.2) is 11.4 Å². The Morgan fingerprint density at radius 2 is 2.20 bits per heavy atom. The van der Waals surface area contributed by atoms with Gasteiger partial charge in [-0.05, 0) is 42.8 Å². The molecule has 0 saturated heterocycles. The Morgan fingerprint density at radius 1 is 1.35 bits per heavy atom. The van der Waals surface area contributed by atoms with Gasteiger partial charge in [-0.1, -0.05) is 12.8 Å². The summed E-state index contributed by atoms with van der Waals surface area (Å²) in [5.41, 5.74) is 1.32. The SMILES string of the molecule is O=C(CNCCCCCCO)N1CCc2sccc2C1. The zero-order chi connectivity index (χ0) is 14.2. The van der Waals surface area contributed by atoms with E-state index >= 15 is 0 Å². The van der Waals surface area contributed by atoms with Crippen molar-refractivity contribution in [2.75, 3.05) is 26.2 Å². The van der Waals surface area contributed by atoms with Crippen LogP contribution in [0.2, 0.25) is 0 Å². The van der Waals surface area contributed by atoms with Crippen LogP contribution in [0.4, 0.5) is 0 Å². The molecule has 4 nitrogen and oxygen atoms in total. The molecule has 0 unspecified atom stereocenters. The van der Waals surface area contributed by atoms with Gasteiger partial charge in [0.1, 0.15) is 0 Å². The number of nitrogens with zero attached hydrogens (tertiary/aromatic N) is 1. The normalized spacial score (nSPS) is 14.3. The van der Waals surface area contributed by atoms with Crippen molar-refractivity contribution < 1.29 is 9.90 Å². The summed E-state index contributed by atoms with van der Waals surface area (Å²) in [6, 6.07) is 2.13. The van der Waals surface area contributed by atoms with Gasteiger partial charge in [-0.25, -0.2) is 0 Å². The number of carbonyl (C=O) groups is 1. The Labute approximate surface area is 124 Å². The molecule has 0 saturated carbocycles. The summed E-state index contributed by atoms with van der Waals surface area (Å²) < 4.78 is 0. The Morgan fingerprint density at radius 3 is 3.05 bits per heavy atom. The molecule has 0 fully saturated rings. The summed E-state index contributed by atoms with van der Waals surface area (Å²) in [7, 11) is 0. The van der Waals surface area contributed by atoms with Crippen LogP contribution in [0.3, 0.4) is 0 Å². The average Bonchev–Trinajstić information content (AvgIpc) is 2.93. The van der Waals surface area contributed by atoms with Crippen LogP contribution in [0.25, 0.3) is 0 Å². The molecular formula is C15H24N2O2S. The lowest BCUT2D eigenvalue weighted by Crippen LogP contribution is -2.41. The van der Waals surface area contributed by atoms with Crippen LogP contribution in [-0.2, 0) is 17.8 Å². The molecule has 0 spiro atoms. The van der Waals surface area contributed by atoms with Gasteiger partial charge in [0, 0.05) is 24.6 Å². The molecule has 20 heavy (non-hydrogen) atoms. The van der Waals surface area contributed by atoms with Gasteiger partial charge >= 0.3 is 0 Å². The third kappa shape index (κ3) is 4.58. The van der Waals surface area contributed by atoms with E-state index in [1.807, 2.05) is 4.90 Å². The first kappa shape index (κ1) is 15.5. The minimum atomic E-state index is 0.206. The number of fused-ring (bicyclic) bond motifs is 1. The molecule has 1 aliphatic heterocycles. The number of unbranched alkanes of at least 4 members (excludes halogenated alkanes) is 3. The van der Waals surface area contributed by atoms with Crippen molar-refractivity contribution in [1.82, 2.24) is 10.2 Å². The monoisotopic (exact) mass is 296 g/mol. The Hall–Kier alpha value is -0.910. The molecule has 0 radical (unpaired) electrons. The number of carbonyl (C=O) groups excluding carboxylic acids is 1. The van der Waals surface area contributed by atoms with Crippen molar-refractivity contribution in [1.29, 1.82) is 0 Å². The van der Waals surface area contributed by atoms with Crippen molar-refractivity contribution in [2.45, 2.75) is 38.6 Å². The first-order valence-electron chi connectivity index (χ1n) is 7.46. The smallest absolute Gasteiger partial charge is 0.236 e. The number of hydrogen-bond acceptors (Lipinski definition) is 4. The zero-order valence-electron chi connectivity index (χ0n) is 11.9. The molecule has 2 heterocycles. The predicted molar refractivity (Wildman–Crippen MR) is 81.9 cm³/mol. The fraction of sp³-hybridized carbons (Fsp3) is 0.667. The number of aliphatic hydroxyl groups excluding tert-OH is 1. The van der Waals surface area contributed by atoms with Crippen molar-refractivity contribution in [3.05, 3.63) is 21.9 Å². The van der Waals surface area contributed by atoms with Crippen molar-refractivity contribution in [3.63, 3.8) is 0 Å². The number of hydrogen-bond donors (Lipinski definition) is 2. The zero-order valence-corrected chi connectivity index (χ0v) is 12.8. The van der Waals surface area contributed by atoms with Crippen molar-refractivity contribution in [2.24, 2.45) is 0 Å². The minimum Gasteiger partial charge on any atom is -0.396 e. The summed E-state index contributed by atoms with van der Waals surface area (Å²) >= 11 is 1.80. The highest BCUT2D eigenvalue weighted by molar-refractivity contribution is 7.10. The van der Waals surface area contributed by atoms with E-state index in [9.17, 15) is 4.79 Å². The van der Waals surface area contributed by atoms with E-state index in [1.54, 1.807) is 11.3 Å². The third-order valence-corrected chi connectivity index (χ3v) is 4.72. The molecule has 0 bridgehead atoms. The standard InChI is InChI=1S/C15H24N2O2S/c18-9-4-2-1-3-7-16-11-15(19)17-8-5-14-13(12-17)6-10-20-14/h6,10,16,18H,1-5,7-9,11-12H2. The number of rotatable bonds is 8. The lowest BCUT2D eigenvalue weighted by Gasteiger charge is -2.27. The van der Waals surface area contributed by atoms with Gasteiger partial charge in [0.05, 0.1) is 6.54 Å². The number of amides is 1. The highest BCUT2D eigenvalue weighted by Crippen LogP contribution is 2.23. The fourth-order valence-electron chi connectivity index (χ4n) is 2.48. The van der Waals surface area contributed by atoms with E-state index in [0.29, 0.717) is 6.54 Å². The lowest BCUT2D eigenvalue weighted by atomic mass is 10.1. The number of thiophene rings is 1. The highest BCUT2D eigenvalue weighted by Gasteiger charge is 2.20. The van der Waals surface area contributed by atoms with E-state index < -0.39 is 0 Å². The van der Waals surface area contributed by atoms with Crippen LogP contribution in [0.1, 0.15) is 36.1 Å². The quantitative estimate of drug-likeness (QED) is 0.719. The van der Waals surface area contributed by atoms with Crippen LogP contribution in [-0.4, -0.2) is 42.2 Å². The Bertz CT molecular complexity index is 420. The second-order valence-electron chi connectivity index (χ2n) is 5.25. The summed E-state index contributed by atoms with van der Waals surface area (Å²) in [6.45, 7) is 3.24. The van der Waals surface area contributed by atoms with E-state index in [1.165, 1.54) is 10.4 Å². The van der Waals surface area contributed by atoms with Crippen LogP contribution in [0, 0.1) is 0 Å². The van der Waals surface area contributed by atoms with Crippen LogP contribution in [0.5, 0.6) is 0 Å². The average molecular weight is 296 g/mol. The van der Waals surface area contributed by atoms with Crippen molar-refractivity contribution in [3.8, 4) is 0 Å². The van der Waals surface area contributed by atoms with Gasteiger partial charge in [-0.15, -0.1) is 11.3 Å². The van der Waals surface area contributed by atoms with Crippen LogP contribution < -0.4 is 5.32 Å². The molecule has 112 valence electrons. The van der Waals surface area contributed by atoms with Crippen LogP contribution >= 0.6 is 11.3 Å². The minimum absolute atomic E-state index is 0.206. The fourth-order valence-corrected chi connectivity index (χ4v) is 3.37. The largest absolute Gasteiger partial charge is 0.396 e. The molecule has 1 aliphatic rings. The molecule has 0 aliphatic carbocycles. The highest BCUT2D eigenvalue weighted by atomic mass is 32.1. The first-order chi connectivity index (χ1) is 9.81. The summed E-state index contributed by atoms with van der Waals surface area (Å²) in [4.78, 5) is 15.5. The van der Waals surface area contributed by atoms with Crippen molar-refractivity contribution >= 4 is 17.2 Å². The van der Waals surface area contributed by atoms with E-state index in [4.69, 9.17) is 5.11 Å². The molecule has 5 heteroatoms. The van der Waals surface area contributed by atoms with E-state index in [-0.39, 0.29) is 12.5 Å². The summed E-state index contributed by atoms with van der Waals surface area (Å²) in [5, 5.41) is 14.0. The van der Waals surface area contributed by atoms with Gasteiger partial charge in [0.25, 0.3) is 0 Å². The molecule has 0 atom stereocenters. The van der Waals surface area contributed by atoms with Gasteiger partial charge < -0.3 is 15.3 Å². The Kier molecular flexibility index (Phi) is 6.50. The van der Waals surface area contributed by atoms with Gasteiger partial charge in [-0.2, -0.15) is 0 Å². The topological polar surface area (TPSA) is 52.6 Å². The summed E-state index contributed by atoms with van der Waals surface area (Å²) in [5.74, 6) is 0.206. The molecule has 1 amide bonds. The molecule has 2 rings (SSSR count). The van der Waals surface area contributed by atoms with Gasteiger partial charge in [-0.3, -0.25) is 4.79 Å².